The van der Waals surface area contributed by atoms with Gasteiger partial charge in [0.25, 0.3) is 5.91 Å². The zero-order valence-electron chi connectivity index (χ0n) is 6.66. The fourth-order valence-corrected chi connectivity index (χ4v) is 0.743. The van der Waals surface area contributed by atoms with Crippen molar-refractivity contribution in [2.75, 3.05) is 0 Å². The van der Waals surface area contributed by atoms with Crippen LogP contribution in [0, 0.1) is 18.8 Å². The SMILES string of the molecule is Cc1cnccc1C#CC(N)=O. The van der Waals surface area contributed by atoms with Crippen molar-refractivity contribution in [2.24, 2.45) is 5.73 Å². The largest absolute Gasteiger partial charge is 0.359 e. The molecule has 3 heteroatoms. The molecule has 0 spiro atoms. The van der Waals surface area contributed by atoms with Crippen molar-refractivity contribution in [3.05, 3.63) is 29.6 Å². The smallest absolute Gasteiger partial charge is 0.293 e. The lowest BCUT2D eigenvalue weighted by Gasteiger charge is -1.92. The lowest BCUT2D eigenvalue weighted by atomic mass is 10.2. The highest BCUT2D eigenvalue weighted by Gasteiger charge is 1.91. The number of nitrogens with two attached hydrogens (primary N) is 1. The third-order valence-corrected chi connectivity index (χ3v) is 1.34. The molecule has 0 aromatic carbocycles. The van der Waals surface area contributed by atoms with E-state index < -0.39 is 5.91 Å². The van der Waals surface area contributed by atoms with Gasteiger partial charge < -0.3 is 5.73 Å². The minimum absolute atomic E-state index is 0.619. The van der Waals surface area contributed by atoms with Crippen LogP contribution in [0.1, 0.15) is 11.1 Å². The van der Waals surface area contributed by atoms with Crippen LogP contribution in [0.15, 0.2) is 18.5 Å². The van der Waals surface area contributed by atoms with Gasteiger partial charge in [0.15, 0.2) is 0 Å². The van der Waals surface area contributed by atoms with E-state index in [1.807, 2.05) is 6.92 Å². The molecule has 1 rings (SSSR count). The number of carbonyl (C=O) groups excluding carboxylic acids is 1. The van der Waals surface area contributed by atoms with Gasteiger partial charge in [0, 0.05) is 18.0 Å². The number of aromatic nitrogens is 1. The minimum Gasteiger partial charge on any atom is -0.359 e. The third-order valence-electron chi connectivity index (χ3n) is 1.34. The van der Waals surface area contributed by atoms with Gasteiger partial charge in [-0.05, 0) is 24.5 Å². The van der Waals surface area contributed by atoms with Crippen LogP contribution in [-0.2, 0) is 4.79 Å². The first-order valence-electron chi connectivity index (χ1n) is 3.42. The van der Waals surface area contributed by atoms with E-state index in [2.05, 4.69) is 16.8 Å². The molecule has 1 amide bonds. The van der Waals surface area contributed by atoms with E-state index in [-0.39, 0.29) is 0 Å². The Morgan fingerprint density at radius 1 is 1.67 bits per heavy atom. The molecule has 1 aromatic heterocycles. The van der Waals surface area contributed by atoms with Crippen LogP contribution in [0.4, 0.5) is 0 Å². The number of hydrogen-bond donors (Lipinski definition) is 1. The van der Waals surface area contributed by atoms with Crippen LogP contribution in [0.3, 0.4) is 0 Å². The van der Waals surface area contributed by atoms with Gasteiger partial charge in [0.2, 0.25) is 0 Å². The van der Waals surface area contributed by atoms with Gasteiger partial charge in [-0.2, -0.15) is 0 Å². The Hall–Kier alpha value is -1.82. The molecule has 12 heavy (non-hydrogen) atoms. The number of amides is 1. The average molecular weight is 160 g/mol. The second-order valence-corrected chi connectivity index (χ2v) is 2.30. The van der Waals surface area contributed by atoms with Crippen molar-refractivity contribution in [3.8, 4) is 11.8 Å². The Morgan fingerprint density at radius 2 is 2.42 bits per heavy atom. The van der Waals surface area contributed by atoms with Gasteiger partial charge in [-0.3, -0.25) is 9.78 Å². The summed E-state index contributed by atoms with van der Waals surface area (Å²) in [5.41, 5.74) is 6.58. The molecule has 3 nitrogen and oxygen atoms in total. The Kier molecular flexibility index (Phi) is 2.44. The van der Waals surface area contributed by atoms with Crippen molar-refractivity contribution < 1.29 is 4.79 Å². The van der Waals surface area contributed by atoms with E-state index in [0.717, 1.165) is 11.1 Å². The zero-order valence-corrected chi connectivity index (χ0v) is 6.66. The zero-order chi connectivity index (χ0) is 8.97. The Morgan fingerprint density at radius 3 is 3.00 bits per heavy atom. The molecule has 0 atom stereocenters. The van der Waals surface area contributed by atoms with Gasteiger partial charge in [0.1, 0.15) is 0 Å². The first-order valence-corrected chi connectivity index (χ1v) is 3.42. The van der Waals surface area contributed by atoms with Gasteiger partial charge in [-0.15, -0.1) is 0 Å². The second-order valence-electron chi connectivity index (χ2n) is 2.30. The Labute approximate surface area is 70.6 Å². The molecule has 1 aromatic rings. The predicted molar refractivity (Wildman–Crippen MR) is 45.0 cm³/mol. The van der Waals surface area contributed by atoms with Crippen LogP contribution in [-0.4, -0.2) is 10.9 Å². The minimum atomic E-state index is -0.619. The van der Waals surface area contributed by atoms with Crippen LogP contribution in [0.2, 0.25) is 0 Å². The predicted octanol–water partition coefficient (Wildman–Crippen LogP) is 0.227. The Bertz CT molecular complexity index is 360. The van der Waals surface area contributed by atoms with Crippen LogP contribution >= 0.6 is 0 Å². The fraction of sp³-hybridized carbons (Fsp3) is 0.111. The van der Waals surface area contributed by atoms with Crippen molar-refractivity contribution in [1.29, 1.82) is 0 Å². The first kappa shape index (κ1) is 8.28. The molecule has 0 radical (unpaired) electrons. The Balaban J connectivity index is 2.99. The van der Waals surface area contributed by atoms with Gasteiger partial charge in [-0.1, -0.05) is 5.92 Å². The van der Waals surface area contributed by atoms with Crippen molar-refractivity contribution in [3.63, 3.8) is 0 Å². The maximum atomic E-state index is 10.3. The van der Waals surface area contributed by atoms with E-state index in [9.17, 15) is 4.79 Å². The van der Waals surface area contributed by atoms with E-state index >= 15 is 0 Å². The first-order chi connectivity index (χ1) is 5.70. The lowest BCUT2D eigenvalue weighted by molar-refractivity contribution is -0.112. The number of primary amides is 1. The molecule has 1 heterocycles. The summed E-state index contributed by atoms with van der Waals surface area (Å²) in [7, 11) is 0. The summed E-state index contributed by atoms with van der Waals surface area (Å²) in [5.74, 6) is 4.29. The van der Waals surface area contributed by atoms with Crippen molar-refractivity contribution in [2.45, 2.75) is 6.92 Å². The maximum Gasteiger partial charge on any atom is 0.293 e. The molecule has 0 aliphatic rings. The maximum absolute atomic E-state index is 10.3. The molecule has 60 valence electrons. The molecular weight excluding hydrogens is 152 g/mol. The molecular formula is C9H8N2O. The molecule has 0 saturated carbocycles. The van der Waals surface area contributed by atoms with Crippen LogP contribution < -0.4 is 5.73 Å². The van der Waals surface area contributed by atoms with Gasteiger partial charge >= 0.3 is 0 Å². The molecule has 0 bridgehead atoms. The normalized spacial score (nSPS) is 8.42. The topological polar surface area (TPSA) is 56.0 Å². The summed E-state index contributed by atoms with van der Waals surface area (Å²) in [5, 5.41) is 0. The summed E-state index contributed by atoms with van der Waals surface area (Å²) in [4.78, 5) is 14.2. The van der Waals surface area contributed by atoms with E-state index in [1.165, 1.54) is 0 Å². The number of pyridine rings is 1. The molecule has 0 fully saturated rings. The van der Waals surface area contributed by atoms with Crippen LogP contribution in [0.5, 0.6) is 0 Å². The quantitative estimate of drug-likeness (QED) is 0.552. The summed E-state index contributed by atoms with van der Waals surface area (Å²) in [6.07, 6.45) is 3.31. The summed E-state index contributed by atoms with van der Waals surface area (Å²) in [6, 6.07) is 1.74. The average Bonchev–Trinajstić information content (AvgIpc) is 2.03. The fourth-order valence-electron chi connectivity index (χ4n) is 0.743. The summed E-state index contributed by atoms with van der Waals surface area (Å²) < 4.78 is 0. The lowest BCUT2D eigenvalue weighted by Crippen LogP contribution is -2.06. The number of nitrogens with zero attached hydrogens (tertiary/aromatic N) is 1. The number of hydrogen-bond acceptors (Lipinski definition) is 2. The van der Waals surface area contributed by atoms with E-state index in [4.69, 9.17) is 5.73 Å². The molecule has 0 saturated heterocycles. The highest BCUT2D eigenvalue weighted by Crippen LogP contribution is 2.01. The van der Waals surface area contributed by atoms with Gasteiger partial charge in [-0.25, -0.2) is 0 Å². The second kappa shape index (κ2) is 3.54. The highest BCUT2D eigenvalue weighted by molar-refractivity contribution is 5.92. The van der Waals surface area contributed by atoms with E-state index in [1.54, 1.807) is 18.5 Å². The third kappa shape index (κ3) is 2.10. The van der Waals surface area contributed by atoms with Crippen molar-refractivity contribution >= 4 is 5.91 Å². The standard InChI is InChI=1S/C9H8N2O/c1-7-6-11-5-4-8(7)2-3-9(10)12/h4-6H,1H3,(H2,10,12). The molecule has 0 unspecified atom stereocenters. The number of carbonyl (C=O) groups is 1. The molecule has 0 aliphatic carbocycles. The van der Waals surface area contributed by atoms with Crippen molar-refractivity contribution in [1.82, 2.24) is 4.98 Å². The monoisotopic (exact) mass is 160 g/mol. The van der Waals surface area contributed by atoms with Gasteiger partial charge in [0.05, 0.1) is 0 Å². The summed E-state index contributed by atoms with van der Waals surface area (Å²) >= 11 is 0. The molecule has 2 N–H and O–H groups in total. The highest BCUT2D eigenvalue weighted by atomic mass is 16.1. The number of rotatable bonds is 0. The van der Waals surface area contributed by atoms with E-state index in [0.29, 0.717) is 0 Å². The van der Waals surface area contributed by atoms with Crippen LogP contribution in [0.25, 0.3) is 0 Å². The summed E-state index contributed by atoms with van der Waals surface area (Å²) in [6.45, 7) is 1.87. The molecule has 0 aliphatic heterocycles. The number of aryl methyl sites for hydroxylation is 1.